The number of carbonyl (C=O) groups excluding carboxylic acids is 1. The summed E-state index contributed by atoms with van der Waals surface area (Å²) in [6.07, 6.45) is 4.09. The third-order valence-electron chi connectivity index (χ3n) is 6.34. The Labute approximate surface area is 246 Å². The van der Waals surface area contributed by atoms with E-state index in [2.05, 4.69) is 54.5 Å². The molecule has 5 aromatic rings. The third-order valence-corrected chi connectivity index (χ3v) is 6.34. The molecule has 3 aromatic carbocycles. The van der Waals surface area contributed by atoms with Gasteiger partial charge in [0.15, 0.2) is 11.6 Å². The zero-order chi connectivity index (χ0) is 30.3. The van der Waals surface area contributed by atoms with Crippen LogP contribution in [0, 0.1) is 23.5 Å². The zero-order valence-electron chi connectivity index (χ0n) is 23.4. The van der Waals surface area contributed by atoms with Gasteiger partial charge in [0, 0.05) is 35.6 Å². The van der Waals surface area contributed by atoms with E-state index in [0.29, 0.717) is 17.1 Å². The summed E-state index contributed by atoms with van der Waals surface area (Å²) >= 11 is 0. The number of carbonyl (C=O) groups is 1. The molecule has 2 N–H and O–H groups in total. The first kappa shape index (κ1) is 29.0. The molecule has 0 radical (unpaired) electrons. The number of halogens is 2. The van der Waals surface area contributed by atoms with E-state index < -0.39 is 23.1 Å². The minimum atomic E-state index is -1.02. The molecule has 216 valence electrons. The lowest BCUT2D eigenvalue weighted by atomic mass is 10.1. The van der Waals surface area contributed by atoms with E-state index in [0.717, 1.165) is 46.0 Å². The van der Waals surface area contributed by atoms with Crippen molar-refractivity contribution in [3.05, 3.63) is 124 Å². The highest BCUT2D eigenvalue weighted by molar-refractivity contribution is 5.93. The molecule has 43 heavy (non-hydrogen) atoms. The van der Waals surface area contributed by atoms with Crippen LogP contribution in [0.3, 0.4) is 0 Å². The third kappa shape index (κ3) is 7.44. The average molecular weight is 580 g/mol. The van der Waals surface area contributed by atoms with Gasteiger partial charge in [-0.2, -0.15) is 0 Å². The number of hydrogen-bond acceptors (Lipinski definition) is 7. The normalized spacial score (nSPS) is 10.8. The molecule has 0 aliphatic rings. The Kier molecular flexibility index (Phi) is 8.79. The molecule has 1 amide bonds. The van der Waals surface area contributed by atoms with Gasteiger partial charge in [0.05, 0.1) is 24.9 Å². The molecule has 0 fully saturated rings. The van der Waals surface area contributed by atoms with Crippen molar-refractivity contribution in [2.75, 3.05) is 26.0 Å². The molecular weight excluding hydrogens is 552 g/mol. The van der Waals surface area contributed by atoms with Crippen molar-refractivity contribution in [3.8, 4) is 11.8 Å². The SMILES string of the molecule is CN(C)Cc1ccc(Nc2ncc3cc(C#CCNC(=O)c4cncn(Cc5ccc(F)c(F)c5)c4=O)ccc3n2)cc1. The second-order valence-electron chi connectivity index (χ2n) is 10.0. The summed E-state index contributed by atoms with van der Waals surface area (Å²) in [5, 5.41) is 6.61. The van der Waals surface area contributed by atoms with Gasteiger partial charge in [0.25, 0.3) is 11.5 Å². The Morgan fingerprint density at radius 3 is 2.53 bits per heavy atom. The predicted octanol–water partition coefficient (Wildman–Crippen LogP) is 4.10. The summed E-state index contributed by atoms with van der Waals surface area (Å²) in [6.45, 7) is 0.776. The van der Waals surface area contributed by atoms with Crippen molar-refractivity contribution in [1.82, 2.24) is 29.7 Å². The standard InChI is InChI=1S/C32H27F2N7O2/c1-40(2)18-22-5-9-25(10-6-22)38-32-37-16-24-14-21(8-12-29(24)39-32)4-3-13-36-30(42)26-17-35-20-41(31(26)43)19-23-7-11-27(33)28(34)15-23/h5-12,14-17,20H,13,18-19H2,1-2H3,(H,36,42)(H,37,38,39). The molecule has 0 saturated carbocycles. The molecule has 0 saturated heterocycles. The van der Waals surface area contributed by atoms with E-state index in [1.165, 1.54) is 18.0 Å². The fourth-order valence-corrected chi connectivity index (χ4v) is 4.28. The zero-order valence-corrected chi connectivity index (χ0v) is 23.4. The lowest BCUT2D eigenvalue weighted by Gasteiger charge is -2.10. The van der Waals surface area contributed by atoms with Gasteiger partial charge in [0.2, 0.25) is 5.95 Å². The highest BCUT2D eigenvalue weighted by Gasteiger charge is 2.13. The summed E-state index contributed by atoms with van der Waals surface area (Å²) in [7, 11) is 4.05. The van der Waals surface area contributed by atoms with Crippen LogP contribution in [0.1, 0.15) is 27.0 Å². The van der Waals surface area contributed by atoms with Gasteiger partial charge >= 0.3 is 0 Å². The number of rotatable bonds is 8. The van der Waals surface area contributed by atoms with E-state index in [4.69, 9.17) is 0 Å². The summed E-state index contributed by atoms with van der Waals surface area (Å²) < 4.78 is 27.9. The largest absolute Gasteiger partial charge is 0.341 e. The fraction of sp³-hybridized carbons (Fsp3) is 0.156. The maximum absolute atomic E-state index is 13.5. The molecule has 5 rings (SSSR count). The van der Waals surface area contributed by atoms with Crippen LogP contribution in [0.15, 0.2) is 84.2 Å². The molecule has 0 aliphatic heterocycles. The van der Waals surface area contributed by atoms with Crippen LogP contribution < -0.4 is 16.2 Å². The predicted molar refractivity (Wildman–Crippen MR) is 160 cm³/mol. The van der Waals surface area contributed by atoms with E-state index >= 15 is 0 Å². The summed E-state index contributed by atoms with van der Waals surface area (Å²) in [4.78, 5) is 40.4. The van der Waals surface area contributed by atoms with Crippen molar-refractivity contribution in [1.29, 1.82) is 0 Å². The monoisotopic (exact) mass is 579 g/mol. The topological polar surface area (TPSA) is 105 Å². The Hall–Kier alpha value is -5.47. The lowest BCUT2D eigenvalue weighted by molar-refractivity contribution is 0.0956. The van der Waals surface area contributed by atoms with E-state index in [1.54, 1.807) is 6.20 Å². The Morgan fingerprint density at radius 1 is 0.977 bits per heavy atom. The summed E-state index contributed by atoms with van der Waals surface area (Å²) in [5.74, 6) is 3.67. The molecule has 2 aromatic heterocycles. The maximum Gasteiger partial charge on any atom is 0.266 e. The average Bonchev–Trinajstić information content (AvgIpc) is 2.99. The van der Waals surface area contributed by atoms with Gasteiger partial charge in [-0.15, -0.1) is 0 Å². The van der Waals surface area contributed by atoms with Crippen molar-refractivity contribution >= 4 is 28.4 Å². The summed E-state index contributed by atoms with van der Waals surface area (Å²) in [6, 6.07) is 16.9. The molecule has 0 atom stereocenters. The number of hydrogen-bond donors (Lipinski definition) is 2. The number of aromatic nitrogens is 4. The van der Waals surface area contributed by atoms with Gasteiger partial charge in [-0.25, -0.2) is 23.7 Å². The van der Waals surface area contributed by atoms with Crippen LogP contribution in [0.2, 0.25) is 0 Å². The summed E-state index contributed by atoms with van der Waals surface area (Å²) in [5.41, 5.74) is 3.10. The number of nitrogens with one attached hydrogen (secondary N) is 2. The van der Waals surface area contributed by atoms with Crippen molar-refractivity contribution < 1.29 is 13.6 Å². The number of benzene rings is 3. The molecule has 0 unspecified atom stereocenters. The van der Waals surface area contributed by atoms with Gasteiger partial charge in [0.1, 0.15) is 5.56 Å². The first-order valence-electron chi connectivity index (χ1n) is 13.3. The second-order valence-corrected chi connectivity index (χ2v) is 10.0. The van der Waals surface area contributed by atoms with Crippen LogP contribution >= 0.6 is 0 Å². The van der Waals surface area contributed by atoms with Crippen LogP contribution in [0.25, 0.3) is 10.9 Å². The minimum Gasteiger partial charge on any atom is -0.341 e. The number of nitrogens with zero attached hydrogens (tertiary/aromatic N) is 5. The van der Waals surface area contributed by atoms with Gasteiger partial charge in [-0.05, 0) is 67.7 Å². The maximum atomic E-state index is 13.5. The van der Waals surface area contributed by atoms with Gasteiger partial charge < -0.3 is 15.5 Å². The molecule has 0 aliphatic carbocycles. The van der Waals surface area contributed by atoms with Crippen LogP contribution in [-0.4, -0.2) is 51.0 Å². The van der Waals surface area contributed by atoms with Crippen molar-refractivity contribution in [2.24, 2.45) is 0 Å². The Bertz CT molecular complexity index is 1910. The molecule has 11 heteroatoms. The number of anilines is 2. The van der Waals surface area contributed by atoms with Crippen LogP contribution in [0.5, 0.6) is 0 Å². The fourth-order valence-electron chi connectivity index (χ4n) is 4.28. The first-order chi connectivity index (χ1) is 20.7. The lowest BCUT2D eigenvalue weighted by Crippen LogP contribution is -2.33. The minimum absolute atomic E-state index is 0.0128. The van der Waals surface area contributed by atoms with Crippen molar-refractivity contribution in [3.63, 3.8) is 0 Å². The van der Waals surface area contributed by atoms with Crippen molar-refractivity contribution in [2.45, 2.75) is 13.1 Å². The molecular formula is C32H27F2N7O2. The number of fused-ring (bicyclic) bond motifs is 1. The highest BCUT2D eigenvalue weighted by Crippen LogP contribution is 2.18. The van der Waals surface area contributed by atoms with Crippen LogP contribution in [-0.2, 0) is 13.1 Å². The quantitative estimate of drug-likeness (QED) is 0.267. The van der Waals surface area contributed by atoms with E-state index in [-0.39, 0.29) is 18.7 Å². The Balaban J connectivity index is 1.19. The molecule has 9 nitrogen and oxygen atoms in total. The molecule has 2 heterocycles. The van der Waals surface area contributed by atoms with Gasteiger partial charge in [-0.1, -0.05) is 30.0 Å². The van der Waals surface area contributed by atoms with E-state index in [1.807, 2.05) is 44.4 Å². The number of amides is 1. The van der Waals surface area contributed by atoms with Crippen LogP contribution in [0.4, 0.5) is 20.4 Å². The first-order valence-corrected chi connectivity index (χ1v) is 13.3. The molecule has 0 spiro atoms. The van der Waals surface area contributed by atoms with Gasteiger partial charge in [-0.3, -0.25) is 14.2 Å². The smallest absolute Gasteiger partial charge is 0.266 e. The Morgan fingerprint density at radius 2 is 1.77 bits per heavy atom. The second kappa shape index (κ2) is 13.0. The van der Waals surface area contributed by atoms with E-state index in [9.17, 15) is 18.4 Å². The highest BCUT2D eigenvalue weighted by atomic mass is 19.2. The molecule has 0 bridgehead atoms.